The molecule has 1 aromatic carbocycles. The second-order valence-electron chi connectivity index (χ2n) is 5.89. The number of carbonyl (C=O) groups is 1. The van der Waals surface area contributed by atoms with Gasteiger partial charge in [0.25, 0.3) is 0 Å². The van der Waals surface area contributed by atoms with Crippen LogP contribution in [0.2, 0.25) is 5.02 Å². The molecule has 0 aliphatic heterocycles. The van der Waals surface area contributed by atoms with E-state index in [0.29, 0.717) is 5.02 Å². The van der Waals surface area contributed by atoms with Crippen molar-refractivity contribution in [3.63, 3.8) is 0 Å². The Morgan fingerprint density at radius 3 is 2.83 bits per heavy atom. The number of amides is 1. The molecule has 0 unspecified atom stereocenters. The van der Waals surface area contributed by atoms with Crippen LogP contribution in [0.25, 0.3) is 0 Å². The fourth-order valence-electron chi connectivity index (χ4n) is 2.38. The van der Waals surface area contributed by atoms with Crippen LogP contribution >= 0.6 is 11.6 Å². The van der Waals surface area contributed by atoms with Crippen molar-refractivity contribution in [2.75, 3.05) is 0 Å². The van der Waals surface area contributed by atoms with Gasteiger partial charge in [-0.25, -0.2) is 4.79 Å². The zero-order valence-corrected chi connectivity index (χ0v) is 13.7. The van der Waals surface area contributed by atoms with Gasteiger partial charge in [0.15, 0.2) is 0 Å². The zero-order chi connectivity index (χ0) is 16.6. The molecule has 23 heavy (non-hydrogen) atoms. The van der Waals surface area contributed by atoms with Crippen molar-refractivity contribution < 1.29 is 4.79 Å². The summed E-state index contributed by atoms with van der Waals surface area (Å²) < 4.78 is 2.44. The first-order valence-corrected chi connectivity index (χ1v) is 7.91. The number of nitrogens with one attached hydrogen (secondary N) is 1. The number of benzene rings is 1. The summed E-state index contributed by atoms with van der Waals surface area (Å²) in [7, 11) is 0. The van der Waals surface area contributed by atoms with E-state index in [0.717, 1.165) is 28.7 Å². The largest absolute Gasteiger partial charge is 0.364 e. The van der Waals surface area contributed by atoms with Crippen LogP contribution in [0.1, 0.15) is 43.0 Å². The van der Waals surface area contributed by atoms with Crippen LogP contribution in [0.5, 0.6) is 0 Å². The van der Waals surface area contributed by atoms with Gasteiger partial charge >= 0.3 is 5.69 Å². The summed E-state index contributed by atoms with van der Waals surface area (Å²) in [5, 5.41) is 11.1. The second kappa shape index (κ2) is 6.16. The van der Waals surface area contributed by atoms with E-state index in [4.69, 9.17) is 11.6 Å². The van der Waals surface area contributed by atoms with Crippen molar-refractivity contribution in [1.82, 2.24) is 25.1 Å². The van der Waals surface area contributed by atoms with Gasteiger partial charge in [0.1, 0.15) is 6.54 Å². The number of aromatic nitrogens is 4. The first-order chi connectivity index (χ1) is 11.0. The van der Waals surface area contributed by atoms with E-state index in [-0.39, 0.29) is 30.2 Å². The van der Waals surface area contributed by atoms with Crippen molar-refractivity contribution in [3.05, 3.63) is 44.8 Å². The highest BCUT2D eigenvalue weighted by Gasteiger charge is 2.28. The Balaban J connectivity index is 1.64. The maximum atomic E-state index is 12.1. The summed E-state index contributed by atoms with van der Waals surface area (Å²) >= 11 is 6.01. The molecular weight excluding hydrogens is 318 g/mol. The van der Waals surface area contributed by atoms with Gasteiger partial charge in [-0.3, -0.25) is 4.79 Å². The SMILES string of the molecule is Cc1cc([C@H](C)NC(=O)Cn2nnn(C3CC3)c2=O)ccc1Cl. The molecule has 8 heteroatoms. The average Bonchev–Trinajstić information content (AvgIpc) is 3.28. The van der Waals surface area contributed by atoms with E-state index in [9.17, 15) is 9.59 Å². The third kappa shape index (κ3) is 3.44. The molecule has 1 aliphatic carbocycles. The minimum Gasteiger partial charge on any atom is -0.348 e. The van der Waals surface area contributed by atoms with Gasteiger partial charge < -0.3 is 5.32 Å². The maximum absolute atomic E-state index is 12.1. The lowest BCUT2D eigenvalue weighted by Gasteiger charge is -2.15. The van der Waals surface area contributed by atoms with E-state index in [1.165, 1.54) is 4.68 Å². The number of halogens is 1. The fourth-order valence-corrected chi connectivity index (χ4v) is 2.49. The highest BCUT2D eigenvalue weighted by Crippen LogP contribution is 2.32. The molecule has 1 N–H and O–H groups in total. The van der Waals surface area contributed by atoms with Crippen LogP contribution in [-0.2, 0) is 11.3 Å². The van der Waals surface area contributed by atoms with Crippen molar-refractivity contribution in [2.45, 2.75) is 45.3 Å². The van der Waals surface area contributed by atoms with Crippen molar-refractivity contribution in [2.24, 2.45) is 0 Å². The number of carbonyl (C=O) groups excluding carboxylic acids is 1. The number of rotatable bonds is 5. The molecule has 3 rings (SSSR count). The molecule has 0 bridgehead atoms. The number of hydrogen-bond donors (Lipinski definition) is 1. The summed E-state index contributed by atoms with van der Waals surface area (Å²) in [5.74, 6) is -0.282. The highest BCUT2D eigenvalue weighted by molar-refractivity contribution is 6.31. The Morgan fingerprint density at radius 2 is 2.17 bits per heavy atom. The van der Waals surface area contributed by atoms with E-state index in [1.54, 1.807) is 6.07 Å². The standard InChI is InChI=1S/C15H18ClN5O2/c1-9-7-11(3-6-13(9)16)10(2)17-14(22)8-20-15(23)21(19-18-20)12-4-5-12/h3,6-7,10,12H,4-5,8H2,1-2H3,(H,17,22)/t10-/m0/s1. The van der Waals surface area contributed by atoms with Gasteiger partial charge in [0.2, 0.25) is 5.91 Å². The van der Waals surface area contributed by atoms with Gasteiger partial charge in [-0.05, 0) is 54.3 Å². The lowest BCUT2D eigenvalue weighted by Crippen LogP contribution is -2.34. The Kier molecular flexibility index (Phi) is 4.21. The molecule has 1 amide bonds. The first-order valence-electron chi connectivity index (χ1n) is 7.53. The molecule has 1 saturated carbocycles. The highest BCUT2D eigenvalue weighted by atomic mass is 35.5. The molecule has 122 valence electrons. The van der Waals surface area contributed by atoms with Gasteiger partial charge in [0.05, 0.1) is 12.1 Å². The van der Waals surface area contributed by atoms with Crippen LogP contribution in [0, 0.1) is 6.92 Å². The Bertz CT molecular complexity index is 793. The molecule has 1 fully saturated rings. The van der Waals surface area contributed by atoms with Gasteiger partial charge in [-0.2, -0.15) is 9.36 Å². The van der Waals surface area contributed by atoms with Crippen molar-refractivity contribution in [3.8, 4) is 0 Å². The van der Waals surface area contributed by atoms with Crippen LogP contribution in [0.15, 0.2) is 23.0 Å². The monoisotopic (exact) mass is 335 g/mol. The molecule has 1 aromatic heterocycles. The molecule has 0 spiro atoms. The Hall–Kier alpha value is -2.15. The minimum absolute atomic E-state index is 0.136. The summed E-state index contributed by atoms with van der Waals surface area (Å²) in [5.41, 5.74) is 1.57. The van der Waals surface area contributed by atoms with E-state index >= 15 is 0 Å². The van der Waals surface area contributed by atoms with E-state index < -0.39 is 0 Å². The van der Waals surface area contributed by atoms with Crippen LogP contribution in [-0.4, -0.2) is 25.7 Å². The predicted molar refractivity (Wildman–Crippen MR) is 85.3 cm³/mol. The number of aryl methyl sites for hydroxylation is 1. The van der Waals surface area contributed by atoms with Crippen LogP contribution in [0.3, 0.4) is 0 Å². The Labute approximate surface area is 138 Å². The summed E-state index contributed by atoms with van der Waals surface area (Å²) in [6.07, 6.45) is 1.88. The summed E-state index contributed by atoms with van der Waals surface area (Å²) in [4.78, 5) is 24.2. The fraction of sp³-hybridized carbons (Fsp3) is 0.467. The molecule has 0 radical (unpaired) electrons. The van der Waals surface area contributed by atoms with Crippen LogP contribution in [0.4, 0.5) is 0 Å². The number of tetrazole rings is 1. The second-order valence-corrected chi connectivity index (χ2v) is 6.30. The normalized spacial score (nSPS) is 15.4. The van der Waals surface area contributed by atoms with Gasteiger partial charge in [-0.1, -0.05) is 23.7 Å². The van der Waals surface area contributed by atoms with Crippen LogP contribution < -0.4 is 11.0 Å². The first kappa shape index (κ1) is 15.7. The molecular formula is C15H18ClN5O2. The third-order valence-electron chi connectivity index (χ3n) is 3.91. The zero-order valence-electron chi connectivity index (χ0n) is 13.0. The average molecular weight is 336 g/mol. The minimum atomic E-state index is -0.336. The molecule has 1 heterocycles. The maximum Gasteiger partial charge on any atom is 0.364 e. The smallest absolute Gasteiger partial charge is 0.348 e. The third-order valence-corrected chi connectivity index (χ3v) is 4.33. The topological polar surface area (TPSA) is 81.8 Å². The molecule has 1 aliphatic rings. The molecule has 0 saturated heterocycles. The summed E-state index contributed by atoms with van der Waals surface area (Å²) in [6, 6.07) is 5.57. The Morgan fingerprint density at radius 1 is 1.43 bits per heavy atom. The molecule has 1 atom stereocenters. The van der Waals surface area contributed by atoms with Crippen molar-refractivity contribution in [1.29, 1.82) is 0 Å². The van der Waals surface area contributed by atoms with Gasteiger partial charge in [-0.15, -0.1) is 0 Å². The lowest BCUT2D eigenvalue weighted by atomic mass is 10.1. The molecule has 7 nitrogen and oxygen atoms in total. The van der Waals surface area contributed by atoms with Crippen molar-refractivity contribution >= 4 is 17.5 Å². The molecule has 2 aromatic rings. The summed E-state index contributed by atoms with van der Waals surface area (Å²) in [6.45, 7) is 3.66. The van der Waals surface area contributed by atoms with Gasteiger partial charge in [0, 0.05) is 5.02 Å². The lowest BCUT2D eigenvalue weighted by molar-refractivity contribution is -0.122. The van der Waals surface area contributed by atoms with E-state index in [1.807, 2.05) is 26.0 Å². The quantitative estimate of drug-likeness (QED) is 0.900. The number of nitrogens with zero attached hydrogens (tertiary/aromatic N) is 4. The number of hydrogen-bond acceptors (Lipinski definition) is 4. The van der Waals surface area contributed by atoms with E-state index in [2.05, 4.69) is 15.7 Å². The predicted octanol–water partition coefficient (Wildman–Crippen LogP) is 1.61.